The molecule has 1 aliphatic heterocycles. The molecule has 1 aromatic heterocycles. The zero-order valence-electron chi connectivity index (χ0n) is 9.53. The predicted molar refractivity (Wildman–Crippen MR) is 66.5 cm³/mol. The van der Waals surface area contributed by atoms with Gasteiger partial charge in [0.2, 0.25) is 10.0 Å². The molecule has 0 bridgehead atoms. The van der Waals surface area contributed by atoms with Crippen LogP contribution >= 0.6 is 11.3 Å². The van der Waals surface area contributed by atoms with Gasteiger partial charge < -0.3 is 5.11 Å². The van der Waals surface area contributed by atoms with Crippen LogP contribution in [0.3, 0.4) is 0 Å². The highest BCUT2D eigenvalue weighted by Crippen LogP contribution is 2.40. The summed E-state index contributed by atoms with van der Waals surface area (Å²) in [4.78, 5) is 0. The first-order chi connectivity index (χ1) is 8.14. The number of hydrogen-bond acceptors (Lipinski definition) is 6. The van der Waals surface area contributed by atoms with Crippen molar-refractivity contribution in [2.24, 2.45) is 5.14 Å². The zero-order valence-corrected chi connectivity index (χ0v) is 12.0. The monoisotopic (exact) mass is 311 g/mol. The lowest BCUT2D eigenvalue weighted by atomic mass is 10.1. The van der Waals surface area contributed by atoms with Gasteiger partial charge in [0.05, 0.1) is 11.4 Å². The van der Waals surface area contributed by atoms with E-state index in [4.69, 9.17) is 5.14 Å². The van der Waals surface area contributed by atoms with Crippen molar-refractivity contribution in [1.82, 2.24) is 0 Å². The summed E-state index contributed by atoms with van der Waals surface area (Å²) in [5.74, 6) is 0. The molecule has 102 valence electrons. The third-order valence-corrected chi connectivity index (χ3v) is 8.34. The molecule has 0 radical (unpaired) electrons. The Morgan fingerprint density at radius 1 is 1.44 bits per heavy atom. The van der Waals surface area contributed by atoms with Crippen molar-refractivity contribution < 1.29 is 21.9 Å². The second-order valence-corrected chi connectivity index (χ2v) is 9.70. The van der Waals surface area contributed by atoms with E-state index >= 15 is 0 Å². The summed E-state index contributed by atoms with van der Waals surface area (Å²) in [6.07, 6.45) is -0.337. The number of fused-ring (bicyclic) bond motifs is 1. The minimum absolute atomic E-state index is 0.0796. The zero-order chi connectivity index (χ0) is 13.7. The van der Waals surface area contributed by atoms with Gasteiger partial charge >= 0.3 is 0 Å². The summed E-state index contributed by atoms with van der Waals surface area (Å²) in [7, 11) is -7.55. The van der Waals surface area contributed by atoms with Crippen LogP contribution in [0.4, 0.5) is 0 Å². The first-order valence-electron chi connectivity index (χ1n) is 5.22. The SMILES string of the molecule is CC1CCC(O)c2cc(S(N)(=O)=O)sc2S1(=O)=O. The topological polar surface area (TPSA) is 115 Å². The van der Waals surface area contributed by atoms with Gasteiger partial charge in [-0.2, -0.15) is 0 Å². The van der Waals surface area contributed by atoms with E-state index < -0.39 is 31.2 Å². The smallest absolute Gasteiger partial charge is 0.247 e. The number of primary sulfonamides is 1. The summed E-state index contributed by atoms with van der Waals surface area (Å²) in [5.41, 5.74) is 0.147. The molecular weight excluding hydrogens is 298 g/mol. The maximum atomic E-state index is 12.2. The molecule has 0 amide bonds. The number of aliphatic hydroxyl groups is 1. The average molecular weight is 311 g/mol. The van der Waals surface area contributed by atoms with E-state index in [1.165, 1.54) is 0 Å². The van der Waals surface area contributed by atoms with Crippen molar-refractivity contribution in [3.63, 3.8) is 0 Å². The van der Waals surface area contributed by atoms with Gasteiger partial charge in [-0.3, -0.25) is 0 Å². The van der Waals surface area contributed by atoms with Gasteiger partial charge in [-0.15, -0.1) is 11.3 Å². The number of sulfonamides is 1. The van der Waals surface area contributed by atoms with Crippen LogP contribution in [0.5, 0.6) is 0 Å². The van der Waals surface area contributed by atoms with E-state index in [1.807, 2.05) is 0 Å². The van der Waals surface area contributed by atoms with Gasteiger partial charge in [-0.05, 0) is 25.8 Å². The van der Waals surface area contributed by atoms with Gasteiger partial charge in [0.25, 0.3) is 0 Å². The first kappa shape index (κ1) is 13.9. The van der Waals surface area contributed by atoms with Crippen molar-refractivity contribution in [3.8, 4) is 0 Å². The Morgan fingerprint density at radius 3 is 2.61 bits per heavy atom. The van der Waals surface area contributed by atoms with Crippen LogP contribution in [0.25, 0.3) is 0 Å². The van der Waals surface area contributed by atoms with E-state index in [-0.39, 0.29) is 20.4 Å². The normalized spacial score (nSPS) is 27.5. The van der Waals surface area contributed by atoms with Crippen molar-refractivity contribution in [1.29, 1.82) is 0 Å². The molecule has 2 heterocycles. The van der Waals surface area contributed by atoms with E-state index in [2.05, 4.69) is 0 Å². The quantitative estimate of drug-likeness (QED) is 0.778. The molecule has 0 saturated heterocycles. The molecule has 2 atom stereocenters. The molecule has 0 aromatic carbocycles. The van der Waals surface area contributed by atoms with E-state index in [9.17, 15) is 21.9 Å². The van der Waals surface area contributed by atoms with Crippen LogP contribution in [-0.2, 0) is 19.9 Å². The molecule has 9 heteroatoms. The van der Waals surface area contributed by atoms with E-state index in [0.29, 0.717) is 17.8 Å². The van der Waals surface area contributed by atoms with Crippen LogP contribution in [-0.4, -0.2) is 27.2 Å². The van der Waals surface area contributed by atoms with Gasteiger partial charge in [-0.1, -0.05) is 0 Å². The Morgan fingerprint density at radius 2 is 2.06 bits per heavy atom. The maximum Gasteiger partial charge on any atom is 0.247 e. The van der Waals surface area contributed by atoms with E-state index in [1.54, 1.807) is 6.92 Å². The molecule has 0 spiro atoms. The third kappa shape index (κ3) is 2.21. The lowest BCUT2D eigenvalue weighted by Crippen LogP contribution is -2.15. The highest BCUT2D eigenvalue weighted by atomic mass is 32.3. The van der Waals surface area contributed by atoms with Crippen molar-refractivity contribution in [2.45, 2.75) is 39.5 Å². The summed E-state index contributed by atoms with van der Waals surface area (Å²) < 4.78 is 46.5. The summed E-state index contributed by atoms with van der Waals surface area (Å²) in [6, 6.07) is 1.16. The predicted octanol–water partition coefficient (Wildman–Crippen LogP) is 0.385. The largest absolute Gasteiger partial charge is 0.388 e. The minimum Gasteiger partial charge on any atom is -0.388 e. The molecule has 18 heavy (non-hydrogen) atoms. The molecule has 0 saturated carbocycles. The summed E-state index contributed by atoms with van der Waals surface area (Å²) in [5, 5.41) is 14.2. The fourth-order valence-electron chi connectivity index (χ4n) is 1.85. The van der Waals surface area contributed by atoms with Gasteiger partial charge in [0.15, 0.2) is 9.84 Å². The Hall–Kier alpha value is -0.480. The lowest BCUT2D eigenvalue weighted by Gasteiger charge is -2.07. The van der Waals surface area contributed by atoms with Crippen molar-refractivity contribution in [2.75, 3.05) is 0 Å². The Bertz CT molecular complexity index is 673. The van der Waals surface area contributed by atoms with Crippen molar-refractivity contribution >= 4 is 31.2 Å². The number of nitrogens with two attached hydrogens (primary N) is 1. The van der Waals surface area contributed by atoms with Crippen LogP contribution in [0.2, 0.25) is 0 Å². The molecule has 0 aliphatic carbocycles. The fourth-order valence-corrected chi connectivity index (χ4v) is 6.25. The molecule has 6 nitrogen and oxygen atoms in total. The van der Waals surface area contributed by atoms with Crippen LogP contribution < -0.4 is 5.14 Å². The average Bonchev–Trinajstić information content (AvgIpc) is 2.66. The van der Waals surface area contributed by atoms with E-state index in [0.717, 1.165) is 6.07 Å². The molecule has 2 rings (SSSR count). The molecule has 0 fully saturated rings. The highest BCUT2D eigenvalue weighted by Gasteiger charge is 2.35. The highest BCUT2D eigenvalue weighted by molar-refractivity contribution is 7.95. The standard InChI is InChI=1S/C9H13NO5S3/c1-5-2-3-7(11)6-4-8(18(10,14)15)16-9(6)17(5,12)13/h4-5,7,11H,2-3H2,1H3,(H2,10,14,15). The maximum absolute atomic E-state index is 12.2. The number of thiophene rings is 1. The number of hydrogen-bond donors (Lipinski definition) is 2. The van der Waals surface area contributed by atoms with Gasteiger partial charge in [-0.25, -0.2) is 22.0 Å². The first-order valence-corrected chi connectivity index (χ1v) is 9.13. The number of aliphatic hydroxyl groups excluding tert-OH is 1. The fraction of sp³-hybridized carbons (Fsp3) is 0.556. The second-order valence-electron chi connectivity index (χ2n) is 4.30. The van der Waals surface area contributed by atoms with Crippen molar-refractivity contribution in [3.05, 3.63) is 11.6 Å². The van der Waals surface area contributed by atoms with Crippen LogP contribution in [0.1, 0.15) is 31.4 Å². The van der Waals surface area contributed by atoms with Gasteiger partial charge in [0, 0.05) is 5.56 Å². The Kier molecular flexibility index (Phi) is 3.31. The Labute approximate surface area is 109 Å². The second kappa shape index (κ2) is 4.27. The van der Waals surface area contributed by atoms with Crippen LogP contribution in [0.15, 0.2) is 14.5 Å². The number of sulfone groups is 1. The minimum atomic E-state index is -3.96. The third-order valence-electron chi connectivity index (χ3n) is 2.98. The van der Waals surface area contributed by atoms with Gasteiger partial charge in [0.1, 0.15) is 8.42 Å². The Balaban J connectivity index is 2.72. The molecular formula is C9H13NO5S3. The van der Waals surface area contributed by atoms with Crippen LogP contribution in [0, 0.1) is 0 Å². The molecule has 1 aliphatic rings. The lowest BCUT2D eigenvalue weighted by molar-refractivity contribution is 0.164. The summed E-state index contributed by atoms with van der Waals surface area (Å²) >= 11 is 0.609. The summed E-state index contributed by atoms with van der Waals surface area (Å²) in [6.45, 7) is 1.55. The molecule has 3 N–H and O–H groups in total. The number of rotatable bonds is 1. The molecule has 2 unspecified atom stereocenters. The molecule has 1 aromatic rings.